The first-order chi connectivity index (χ1) is 26.3. The van der Waals surface area contributed by atoms with Crippen molar-refractivity contribution in [3.05, 3.63) is 185 Å². The maximum Gasteiger partial charge on any atom is 0.416 e. The zero-order chi connectivity index (χ0) is 39.2. The fourth-order valence-corrected chi connectivity index (χ4v) is 6.40. The molecule has 0 aromatic heterocycles. The number of nitrogens with one attached hydrogen (secondary N) is 1. The van der Waals surface area contributed by atoms with E-state index >= 15 is 0 Å². The van der Waals surface area contributed by atoms with Crippen molar-refractivity contribution in [2.75, 3.05) is 11.9 Å². The molecule has 1 heterocycles. The zero-order valence-electron chi connectivity index (χ0n) is 29.2. The van der Waals surface area contributed by atoms with Crippen molar-refractivity contribution in [1.29, 1.82) is 0 Å². The predicted molar refractivity (Wildman–Crippen MR) is 199 cm³/mol. The molecule has 0 unspecified atom stereocenters. The molecule has 0 atom stereocenters. The van der Waals surface area contributed by atoms with Gasteiger partial charge in [0.25, 0.3) is 5.91 Å². The Morgan fingerprint density at radius 3 is 1.65 bits per heavy atom. The summed E-state index contributed by atoms with van der Waals surface area (Å²) in [6.45, 7) is 2.70. The summed E-state index contributed by atoms with van der Waals surface area (Å²) >= 11 is 0. The first kappa shape index (κ1) is 38.5. The van der Waals surface area contributed by atoms with Gasteiger partial charge in [-0.2, -0.15) is 26.3 Å². The third-order valence-corrected chi connectivity index (χ3v) is 9.18. The number of anilines is 1. The lowest BCUT2D eigenvalue weighted by atomic mass is 9.97. The summed E-state index contributed by atoms with van der Waals surface area (Å²) in [5.41, 5.74) is 5.41. The number of aromatic carboxylic acids is 1. The molecule has 0 radical (unpaired) electrons. The Labute approximate surface area is 313 Å². The maximum absolute atomic E-state index is 13.2. The van der Waals surface area contributed by atoms with Gasteiger partial charge in [-0.05, 0) is 93.9 Å². The first-order valence-corrected chi connectivity index (χ1v) is 17.2. The number of halogens is 6. The van der Waals surface area contributed by atoms with Gasteiger partial charge in [0.1, 0.15) is 0 Å². The van der Waals surface area contributed by atoms with Crippen molar-refractivity contribution in [3.63, 3.8) is 0 Å². The SMILES string of the molecule is O=C(Nc1ccc2c(c1)CCN(Cc1ccccc1)C2)c1ccccc1-c1ccc(C(F)(F)F)cc1.O=C(O)c1ccccc1-c1ccc(C(F)(F)F)cc1. The van der Waals surface area contributed by atoms with Gasteiger partial charge in [-0.3, -0.25) is 9.69 Å². The van der Waals surface area contributed by atoms with Crippen LogP contribution < -0.4 is 5.32 Å². The van der Waals surface area contributed by atoms with E-state index in [2.05, 4.69) is 40.5 Å². The van der Waals surface area contributed by atoms with E-state index in [4.69, 9.17) is 5.11 Å². The van der Waals surface area contributed by atoms with E-state index in [9.17, 15) is 35.9 Å². The number of carboxylic acids is 1. The Morgan fingerprint density at radius 2 is 1.11 bits per heavy atom. The van der Waals surface area contributed by atoms with Crippen LogP contribution in [0.5, 0.6) is 0 Å². The average Bonchev–Trinajstić information content (AvgIpc) is 3.18. The van der Waals surface area contributed by atoms with Crippen molar-refractivity contribution in [2.24, 2.45) is 0 Å². The molecule has 6 aromatic rings. The fraction of sp³-hybridized carbons (Fsp3) is 0.136. The Kier molecular flexibility index (Phi) is 11.5. The van der Waals surface area contributed by atoms with Crippen LogP contribution in [0.1, 0.15) is 48.5 Å². The van der Waals surface area contributed by atoms with Gasteiger partial charge in [0.15, 0.2) is 0 Å². The summed E-state index contributed by atoms with van der Waals surface area (Å²) in [7, 11) is 0. The number of hydrogen-bond donors (Lipinski definition) is 2. The van der Waals surface area contributed by atoms with Gasteiger partial charge in [0.2, 0.25) is 0 Å². The van der Waals surface area contributed by atoms with Gasteiger partial charge >= 0.3 is 18.3 Å². The topological polar surface area (TPSA) is 69.6 Å². The molecule has 0 saturated heterocycles. The minimum atomic E-state index is -4.40. The molecule has 1 aliphatic rings. The number of nitrogens with zero attached hydrogens (tertiary/aromatic N) is 1. The van der Waals surface area contributed by atoms with Gasteiger partial charge in [-0.15, -0.1) is 0 Å². The van der Waals surface area contributed by atoms with E-state index in [0.29, 0.717) is 33.5 Å². The Morgan fingerprint density at radius 1 is 0.600 bits per heavy atom. The van der Waals surface area contributed by atoms with Crippen LogP contribution in [-0.2, 0) is 31.9 Å². The third-order valence-electron chi connectivity index (χ3n) is 9.18. The molecule has 11 heteroatoms. The van der Waals surface area contributed by atoms with Gasteiger partial charge < -0.3 is 10.4 Å². The van der Waals surface area contributed by atoms with Crippen molar-refractivity contribution in [1.82, 2.24) is 4.90 Å². The van der Waals surface area contributed by atoms with Gasteiger partial charge in [0.05, 0.1) is 16.7 Å². The highest BCUT2D eigenvalue weighted by molar-refractivity contribution is 6.08. The molecule has 0 bridgehead atoms. The summed E-state index contributed by atoms with van der Waals surface area (Å²) in [4.78, 5) is 26.6. The molecule has 0 saturated carbocycles. The summed E-state index contributed by atoms with van der Waals surface area (Å²) in [5, 5.41) is 12.0. The van der Waals surface area contributed by atoms with Crippen LogP contribution in [0.15, 0.2) is 146 Å². The van der Waals surface area contributed by atoms with Crippen molar-refractivity contribution in [2.45, 2.75) is 31.9 Å². The van der Waals surface area contributed by atoms with E-state index in [1.54, 1.807) is 42.5 Å². The molecule has 55 heavy (non-hydrogen) atoms. The van der Waals surface area contributed by atoms with Crippen molar-refractivity contribution >= 4 is 17.6 Å². The first-order valence-electron chi connectivity index (χ1n) is 17.2. The van der Waals surface area contributed by atoms with Crippen molar-refractivity contribution < 1.29 is 41.0 Å². The molecular weight excluding hydrogens is 718 g/mol. The molecule has 6 aromatic carbocycles. The lowest BCUT2D eigenvalue weighted by Crippen LogP contribution is -2.30. The summed E-state index contributed by atoms with van der Waals surface area (Å²) in [6, 6.07) is 38.8. The largest absolute Gasteiger partial charge is 0.478 e. The smallest absolute Gasteiger partial charge is 0.416 e. The number of hydrogen-bond acceptors (Lipinski definition) is 3. The van der Waals surface area contributed by atoms with Gasteiger partial charge in [0, 0.05) is 30.9 Å². The number of benzene rings is 6. The molecular formula is C44H34F6N2O3. The molecule has 280 valence electrons. The fourth-order valence-electron chi connectivity index (χ4n) is 6.40. The van der Waals surface area contributed by atoms with E-state index in [1.807, 2.05) is 18.2 Å². The molecule has 0 aliphatic carbocycles. The van der Waals surface area contributed by atoms with Crippen LogP contribution >= 0.6 is 0 Å². The third kappa shape index (κ3) is 9.68. The highest BCUT2D eigenvalue weighted by Gasteiger charge is 2.31. The van der Waals surface area contributed by atoms with E-state index in [-0.39, 0.29) is 11.5 Å². The van der Waals surface area contributed by atoms with Crippen LogP contribution in [0.3, 0.4) is 0 Å². The molecule has 2 N–H and O–H groups in total. The number of carbonyl (C=O) groups is 2. The summed E-state index contributed by atoms with van der Waals surface area (Å²) in [5.74, 6) is -1.41. The van der Waals surface area contributed by atoms with Crippen molar-refractivity contribution in [3.8, 4) is 22.3 Å². The minimum Gasteiger partial charge on any atom is -0.478 e. The number of rotatable bonds is 7. The second-order valence-corrected chi connectivity index (χ2v) is 12.9. The summed E-state index contributed by atoms with van der Waals surface area (Å²) < 4.78 is 76.1. The number of amides is 1. The molecule has 0 fully saturated rings. The Hall–Kier alpha value is -6.20. The monoisotopic (exact) mass is 752 g/mol. The highest BCUT2D eigenvalue weighted by atomic mass is 19.4. The Balaban J connectivity index is 0.000000228. The van der Waals surface area contributed by atoms with Crippen LogP contribution in [0.2, 0.25) is 0 Å². The number of carbonyl (C=O) groups excluding carboxylic acids is 1. The minimum absolute atomic E-state index is 0.0576. The molecule has 1 aliphatic heterocycles. The average molecular weight is 753 g/mol. The lowest BCUT2D eigenvalue weighted by Gasteiger charge is -2.29. The quantitative estimate of drug-likeness (QED) is 0.159. The van der Waals surface area contributed by atoms with E-state index in [0.717, 1.165) is 50.3 Å². The van der Waals surface area contributed by atoms with Crippen LogP contribution in [-0.4, -0.2) is 28.4 Å². The van der Waals surface area contributed by atoms with E-state index < -0.39 is 29.4 Å². The lowest BCUT2D eigenvalue weighted by molar-refractivity contribution is -0.138. The molecule has 7 rings (SSSR count). The molecule has 1 amide bonds. The molecule has 0 spiro atoms. The second kappa shape index (κ2) is 16.4. The molecule has 5 nitrogen and oxygen atoms in total. The zero-order valence-corrected chi connectivity index (χ0v) is 29.2. The standard InChI is InChI=1S/C30H25F3N2O.C14H9F3O2/c31-30(32,33)25-13-10-22(11-14-25)27-8-4-5-9-28(27)29(36)34-26-15-12-24-20-35(17-16-23(24)18-26)19-21-6-2-1-3-7-21;15-14(16,17)10-7-5-9(6-8-10)11-3-1-2-4-12(11)13(18)19/h1-15,18H,16-17,19-20H2,(H,34,36);1-8H,(H,18,19). The second-order valence-electron chi connectivity index (χ2n) is 12.9. The Bertz CT molecular complexity index is 2270. The maximum atomic E-state index is 13.2. The van der Waals surface area contributed by atoms with Gasteiger partial charge in [-0.1, -0.05) is 97.1 Å². The number of alkyl halides is 6. The highest BCUT2D eigenvalue weighted by Crippen LogP contribution is 2.34. The van der Waals surface area contributed by atoms with Crippen LogP contribution in [0.4, 0.5) is 32.0 Å². The van der Waals surface area contributed by atoms with Crippen LogP contribution in [0.25, 0.3) is 22.3 Å². The normalized spacial score (nSPS) is 12.9. The number of carboxylic acid groups (broad SMARTS) is 1. The number of fused-ring (bicyclic) bond motifs is 1. The predicted octanol–water partition coefficient (Wildman–Crippen LogP) is 11.3. The summed E-state index contributed by atoms with van der Waals surface area (Å²) in [6.07, 6.45) is -7.90. The van der Waals surface area contributed by atoms with Gasteiger partial charge in [-0.25, -0.2) is 4.79 Å². The van der Waals surface area contributed by atoms with E-state index in [1.165, 1.54) is 47.0 Å². The van der Waals surface area contributed by atoms with Crippen LogP contribution in [0, 0.1) is 0 Å².